The van der Waals surface area contributed by atoms with Crippen molar-refractivity contribution in [2.75, 3.05) is 6.54 Å². The van der Waals surface area contributed by atoms with Gasteiger partial charge >= 0.3 is 0 Å². The normalized spacial score (nSPS) is 14.2. The van der Waals surface area contributed by atoms with Crippen molar-refractivity contribution in [2.24, 2.45) is 0 Å². The second kappa shape index (κ2) is 7.10. The number of benzene rings is 1. The van der Waals surface area contributed by atoms with Crippen molar-refractivity contribution in [3.8, 4) is 22.0 Å². The number of hydrogen-bond donors (Lipinski definition) is 0. The fraction of sp³-hybridized carbons (Fsp3) is 0.182. The maximum atomic E-state index is 5.44. The van der Waals surface area contributed by atoms with Gasteiger partial charge in [0.25, 0.3) is 0 Å². The molecule has 4 heterocycles. The molecule has 4 aromatic rings. The SMILES string of the molecule is c1ccc(-c2ccc(CN3CCc4cnc(-c5ccco5)nc4C3)s2)cc1. The highest BCUT2D eigenvalue weighted by atomic mass is 32.1. The van der Waals surface area contributed by atoms with Crippen LogP contribution in [-0.2, 0) is 19.5 Å². The summed E-state index contributed by atoms with van der Waals surface area (Å²) in [5, 5.41) is 0. The van der Waals surface area contributed by atoms with Crippen LogP contribution < -0.4 is 0 Å². The zero-order valence-corrected chi connectivity index (χ0v) is 15.7. The molecule has 0 bridgehead atoms. The third-order valence-corrected chi connectivity index (χ3v) is 5.98. The molecule has 0 spiro atoms. The van der Waals surface area contributed by atoms with Crippen LogP contribution in [0.25, 0.3) is 22.0 Å². The highest BCUT2D eigenvalue weighted by Gasteiger charge is 2.20. The van der Waals surface area contributed by atoms with Crippen molar-refractivity contribution in [2.45, 2.75) is 19.5 Å². The van der Waals surface area contributed by atoms with Gasteiger partial charge in [-0.2, -0.15) is 0 Å². The number of fused-ring (bicyclic) bond motifs is 1. The Labute approximate surface area is 162 Å². The monoisotopic (exact) mass is 373 g/mol. The molecule has 1 aliphatic rings. The molecular formula is C22H19N3OS. The summed E-state index contributed by atoms with van der Waals surface area (Å²) in [5.74, 6) is 1.39. The van der Waals surface area contributed by atoms with Gasteiger partial charge in [0.2, 0.25) is 0 Å². The van der Waals surface area contributed by atoms with Gasteiger partial charge in [0.05, 0.1) is 12.0 Å². The molecule has 5 heteroatoms. The van der Waals surface area contributed by atoms with E-state index in [0.717, 1.165) is 37.5 Å². The number of furan rings is 1. The van der Waals surface area contributed by atoms with E-state index < -0.39 is 0 Å². The minimum atomic E-state index is 0.670. The molecule has 1 aliphatic heterocycles. The fourth-order valence-corrected chi connectivity index (χ4v) is 4.51. The second-order valence-corrected chi connectivity index (χ2v) is 7.90. The molecule has 0 radical (unpaired) electrons. The summed E-state index contributed by atoms with van der Waals surface area (Å²) in [6, 6.07) is 18.8. The van der Waals surface area contributed by atoms with E-state index in [9.17, 15) is 0 Å². The second-order valence-electron chi connectivity index (χ2n) is 6.74. The van der Waals surface area contributed by atoms with E-state index in [0.29, 0.717) is 5.82 Å². The molecule has 0 atom stereocenters. The molecule has 134 valence electrons. The molecule has 5 rings (SSSR count). The van der Waals surface area contributed by atoms with Gasteiger partial charge in [0.15, 0.2) is 11.6 Å². The molecule has 27 heavy (non-hydrogen) atoms. The van der Waals surface area contributed by atoms with Crippen molar-refractivity contribution in [3.63, 3.8) is 0 Å². The van der Waals surface area contributed by atoms with Crippen LogP contribution in [0.2, 0.25) is 0 Å². The standard InChI is InChI=1S/C22H19N3OS/c1-2-5-16(6-3-1)21-9-8-18(27-21)14-25-11-10-17-13-23-22(24-19(17)15-25)20-7-4-12-26-20/h1-9,12-13H,10-11,14-15H2. The van der Waals surface area contributed by atoms with Gasteiger partial charge < -0.3 is 4.42 Å². The lowest BCUT2D eigenvalue weighted by molar-refractivity contribution is 0.243. The van der Waals surface area contributed by atoms with Gasteiger partial charge in [-0.05, 0) is 41.8 Å². The highest BCUT2D eigenvalue weighted by molar-refractivity contribution is 7.15. The molecule has 3 aromatic heterocycles. The van der Waals surface area contributed by atoms with Crippen LogP contribution in [0.4, 0.5) is 0 Å². The topological polar surface area (TPSA) is 42.2 Å². The largest absolute Gasteiger partial charge is 0.461 e. The first kappa shape index (κ1) is 16.4. The lowest BCUT2D eigenvalue weighted by Gasteiger charge is -2.27. The van der Waals surface area contributed by atoms with Crippen molar-refractivity contribution < 1.29 is 4.42 Å². The van der Waals surface area contributed by atoms with Crippen LogP contribution in [0, 0.1) is 0 Å². The first-order chi connectivity index (χ1) is 13.3. The highest BCUT2D eigenvalue weighted by Crippen LogP contribution is 2.30. The Morgan fingerprint density at radius 2 is 1.96 bits per heavy atom. The number of nitrogens with zero attached hydrogens (tertiary/aromatic N) is 3. The number of rotatable bonds is 4. The predicted octanol–water partition coefficient (Wildman–Crippen LogP) is 5.02. The van der Waals surface area contributed by atoms with E-state index >= 15 is 0 Å². The lowest BCUT2D eigenvalue weighted by Crippen LogP contribution is -2.30. The number of aromatic nitrogens is 2. The molecule has 0 N–H and O–H groups in total. The van der Waals surface area contributed by atoms with Crippen LogP contribution in [0.1, 0.15) is 16.1 Å². The van der Waals surface area contributed by atoms with Crippen LogP contribution >= 0.6 is 11.3 Å². The third kappa shape index (κ3) is 3.44. The third-order valence-electron chi connectivity index (χ3n) is 4.87. The number of hydrogen-bond acceptors (Lipinski definition) is 5. The Morgan fingerprint density at radius 1 is 1.04 bits per heavy atom. The maximum Gasteiger partial charge on any atom is 0.195 e. The summed E-state index contributed by atoms with van der Waals surface area (Å²) in [4.78, 5) is 14.4. The van der Waals surface area contributed by atoms with E-state index in [1.54, 1.807) is 6.26 Å². The van der Waals surface area contributed by atoms with E-state index in [1.807, 2.05) is 29.7 Å². The van der Waals surface area contributed by atoms with Gasteiger partial charge in [0.1, 0.15) is 0 Å². The van der Waals surface area contributed by atoms with Crippen LogP contribution in [-0.4, -0.2) is 21.4 Å². The molecule has 0 saturated heterocycles. The van der Waals surface area contributed by atoms with Gasteiger partial charge in [-0.15, -0.1) is 11.3 Å². The average molecular weight is 373 g/mol. The van der Waals surface area contributed by atoms with Gasteiger partial charge in [-0.3, -0.25) is 4.90 Å². The minimum Gasteiger partial charge on any atom is -0.461 e. The molecule has 0 unspecified atom stereocenters. The summed E-state index contributed by atoms with van der Waals surface area (Å²) in [6.45, 7) is 2.84. The molecule has 1 aromatic carbocycles. The molecule has 0 fully saturated rings. The Balaban J connectivity index is 1.32. The van der Waals surface area contributed by atoms with E-state index in [-0.39, 0.29) is 0 Å². The fourth-order valence-electron chi connectivity index (χ4n) is 3.46. The minimum absolute atomic E-state index is 0.670. The van der Waals surface area contributed by atoms with E-state index in [2.05, 4.69) is 52.3 Å². The van der Waals surface area contributed by atoms with Crippen LogP contribution in [0.3, 0.4) is 0 Å². The summed E-state index contributed by atoms with van der Waals surface area (Å²) < 4.78 is 5.44. The van der Waals surface area contributed by atoms with Gasteiger partial charge in [-0.1, -0.05) is 30.3 Å². The van der Waals surface area contributed by atoms with Crippen molar-refractivity contribution in [1.82, 2.24) is 14.9 Å². The van der Waals surface area contributed by atoms with Crippen molar-refractivity contribution in [1.29, 1.82) is 0 Å². The smallest absolute Gasteiger partial charge is 0.195 e. The Kier molecular flexibility index (Phi) is 4.32. The van der Waals surface area contributed by atoms with Crippen molar-refractivity contribution >= 4 is 11.3 Å². The molecule has 0 aliphatic carbocycles. The molecule has 4 nitrogen and oxygen atoms in total. The first-order valence-corrected chi connectivity index (χ1v) is 9.92. The number of thiophene rings is 1. The lowest BCUT2D eigenvalue weighted by atomic mass is 10.1. The zero-order chi connectivity index (χ0) is 18.1. The van der Waals surface area contributed by atoms with Gasteiger partial charge in [0, 0.05) is 35.6 Å². The van der Waals surface area contributed by atoms with Crippen LogP contribution in [0.5, 0.6) is 0 Å². The predicted molar refractivity (Wildman–Crippen MR) is 107 cm³/mol. The molecule has 0 amide bonds. The van der Waals surface area contributed by atoms with E-state index in [1.165, 1.54) is 20.9 Å². The Morgan fingerprint density at radius 3 is 2.81 bits per heavy atom. The summed E-state index contributed by atoms with van der Waals surface area (Å²) in [7, 11) is 0. The Hall–Kier alpha value is -2.76. The summed E-state index contributed by atoms with van der Waals surface area (Å²) >= 11 is 1.87. The molecule has 0 saturated carbocycles. The van der Waals surface area contributed by atoms with Gasteiger partial charge in [-0.25, -0.2) is 9.97 Å². The van der Waals surface area contributed by atoms with Crippen molar-refractivity contribution in [3.05, 3.63) is 83.2 Å². The van der Waals surface area contributed by atoms with E-state index in [4.69, 9.17) is 9.40 Å². The Bertz CT molecular complexity index is 1040. The first-order valence-electron chi connectivity index (χ1n) is 9.10. The molecular weight excluding hydrogens is 354 g/mol. The summed E-state index contributed by atoms with van der Waals surface area (Å²) in [5.41, 5.74) is 3.65. The quantitative estimate of drug-likeness (QED) is 0.503. The average Bonchev–Trinajstić information content (AvgIpc) is 3.40. The summed E-state index contributed by atoms with van der Waals surface area (Å²) in [6.07, 6.45) is 4.60. The maximum absolute atomic E-state index is 5.44. The van der Waals surface area contributed by atoms with Crippen LogP contribution in [0.15, 0.2) is 71.5 Å². The zero-order valence-electron chi connectivity index (χ0n) is 14.8.